The molecule has 2 aliphatic rings. The maximum Gasteiger partial charge on any atom is 0.326 e. The summed E-state index contributed by atoms with van der Waals surface area (Å²) >= 11 is 1.61. The van der Waals surface area contributed by atoms with Crippen LogP contribution in [-0.2, 0) is 36.1 Å². The highest BCUT2D eigenvalue weighted by atomic mass is 32.2. The molecule has 280 valence electrons. The Hall–Kier alpha value is -3.91. The van der Waals surface area contributed by atoms with Crippen molar-refractivity contribution in [3.8, 4) is 0 Å². The largest absolute Gasteiger partial charge is 0.480 e. The Bertz CT molecular complexity index is 1470. The van der Waals surface area contributed by atoms with Crippen LogP contribution in [0, 0.1) is 0 Å². The fourth-order valence-corrected chi connectivity index (χ4v) is 9.45. The number of rotatable bonds is 17. The molecule has 0 aromatic heterocycles. The van der Waals surface area contributed by atoms with Crippen molar-refractivity contribution in [1.29, 1.82) is 0 Å². The molecule has 0 aliphatic carbocycles. The minimum Gasteiger partial charge on any atom is -0.480 e. The molecule has 51 heavy (non-hydrogen) atoms. The topological polar surface area (TPSA) is 235 Å². The molecule has 0 unspecified atom stereocenters. The number of nitrogens with one attached hydrogen (secondary N) is 1. The summed E-state index contributed by atoms with van der Waals surface area (Å²) in [4.78, 5) is 56.1. The highest BCUT2D eigenvalue weighted by molar-refractivity contribution is 7.98. The van der Waals surface area contributed by atoms with Crippen molar-refractivity contribution in [2.75, 3.05) is 31.6 Å². The first-order valence-electron chi connectivity index (χ1n) is 17.2. The van der Waals surface area contributed by atoms with Gasteiger partial charge in [0.2, 0.25) is 11.8 Å². The van der Waals surface area contributed by atoms with Crippen LogP contribution in [0.1, 0.15) is 56.1 Å². The minimum absolute atomic E-state index is 0.0129. The number of carboxylic acids is 2. The molecular formula is C35H52N7O7PS. The lowest BCUT2D eigenvalue weighted by Crippen LogP contribution is -2.54. The van der Waals surface area contributed by atoms with E-state index in [0.29, 0.717) is 82.7 Å². The van der Waals surface area contributed by atoms with Gasteiger partial charge in [-0.05, 0) is 68.1 Å². The Morgan fingerprint density at radius 1 is 0.902 bits per heavy atom. The second kappa shape index (κ2) is 20.8. The first kappa shape index (κ1) is 41.5. The maximum atomic E-state index is 14.6. The summed E-state index contributed by atoms with van der Waals surface area (Å²) in [5.41, 5.74) is 17.2. The van der Waals surface area contributed by atoms with Crippen molar-refractivity contribution in [3.63, 3.8) is 0 Å². The highest BCUT2D eigenvalue weighted by Crippen LogP contribution is 2.49. The second-order valence-corrected chi connectivity index (χ2v) is 16.4. The zero-order chi connectivity index (χ0) is 37.4. The van der Waals surface area contributed by atoms with Crippen molar-refractivity contribution in [2.45, 2.75) is 81.4 Å². The number of aliphatic imine (C=N–C) groups is 1. The van der Waals surface area contributed by atoms with E-state index in [1.54, 1.807) is 16.7 Å². The van der Waals surface area contributed by atoms with Crippen LogP contribution in [0.25, 0.3) is 0 Å². The fraction of sp³-hybridized carbons (Fsp3) is 0.514. The molecule has 0 saturated carbocycles. The molecule has 0 bridgehead atoms. The number of benzene rings is 2. The number of carbonyl (C=O) groups is 4. The number of likely N-dealkylation sites (tertiary alicyclic amines) is 2. The molecule has 2 aliphatic heterocycles. The van der Waals surface area contributed by atoms with Gasteiger partial charge in [-0.25, -0.2) is 4.79 Å². The van der Waals surface area contributed by atoms with Crippen molar-refractivity contribution in [3.05, 3.63) is 71.8 Å². The standard InChI is InChI=1S/C29H38N3O5PS.C6H14N4O2/c1-39-19-16-24(27(33)31-17-8-14-25(31)28(34)32-18-9-15-26(32)29(35)36)30-38(37,20-22-10-4-2-5-11-22)21-23-12-6-3-7-13-23;7-4(5(11)12)2-1-3-10-6(8)9/h2-7,10-13,24-26H,8-9,14-21H2,1H3,(H,30,37)(H,35,36);4H,1-3,7H2,(H,11,12)(H4,8,9,10)/t24-,25-,26-;4-/m00/s1. The fourth-order valence-electron chi connectivity index (χ4n) is 6.28. The third kappa shape index (κ3) is 13.3. The van der Waals surface area contributed by atoms with E-state index in [1.807, 2.05) is 66.9 Å². The normalized spacial score (nSPS) is 18.3. The van der Waals surface area contributed by atoms with Crippen LogP contribution in [-0.4, -0.2) is 106 Å². The molecule has 0 spiro atoms. The van der Waals surface area contributed by atoms with Gasteiger partial charge in [0.1, 0.15) is 18.1 Å². The molecule has 16 heteroatoms. The summed E-state index contributed by atoms with van der Waals surface area (Å²) < 4.78 is 14.6. The van der Waals surface area contributed by atoms with Crippen LogP contribution in [0.5, 0.6) is 0 Å². The Morgan fingerprint density at radius 2 is 1.45 bits per heavy atom. The number of carboxylic acid groups (broad SMARTS) is 2. The van der Waals surface area contributed by atoms with Crippen LogP contribution in [0.2, 0.25) is 0 Å². The number of carbonyl (C=O) groups excluding carboxylic acids is 2. The lowest BCUT2D eigenvalue weighted by molar-refractivity contribution is -0.152. The van der Waals surface area contributed by atoms with Crippen molar-refractivity contribution in [2.24, 2.45) is 22.2 Å². The second-order valence-electron chi connectivity index (χ2n) is 12.8. The molecule has 2 aromatic carbocycles. The van der Waals surface area contributed by atoms with Gasteiger partial charge in [-0.15, -0.1) is 0 Å². The van der Waals surface area contributed by atoms with E-state index in [4.69, 9.17) is 22.3 Å². The molecule has 2 heterocycles. The monoisotopic (exact) mass is 745 g/mol. The van der Waals surface area contributed by atoms with Crippen molar-refractivity contribution >= 4 is 48.8 Å². The van der Waals surface area contributed by atoms with E-state index in [0.717, 1.165) is 11.1 Å². The number of thioether (sulfide) groups is 1. The predicted molar refractivity (Wildman–Crippen MR) is 200 cm³/mol. The molecule has 14 nitrogen and oxygen atoms in total. The summed E-state index contributed by atoms with van der Waals surface area (Å²) in [6.07, 6.45) is 6.28. The SMILES string of the molecule is CSCC[C@H](NP(=O)(Cc1ccccc1)Cc1ccccc1)C(=O)N1CCC[C@H]1C(=O)N1CCC[C@H]1C(=O)O.NC(N)=NCCC[C@H](N)C(=O)O. The summed E-state index contributed by atoms with van der Waals surface area (Å²) in [5.74, 6) is -1.81. The van der Waals surface area contributed by atoms with E-state index in [1.165, 1.54) is 4.90 Å². The van der Waals surface area contributed by atoms with E-state index in [2.05, 4.69) is 10.1 Å². The van der Waals surface area contributed by atoms with Gasteiger partial charge < -0.3 is 41.8 Å². The molecule has 0 radical (unpaired) electrons. The molecule has 2 saturated heterocycles. The maximum absolute atomic E-state index is 14.6. The van der Waals surface area contributed by atoms with Crippen LogP contribution < -0.4 is 22.3 Å². The van der Waals surface area contributed by atoms with Gasteiger partial charge in [-0.1, -0.05) is 60.7 Å². The first-order valence-corrected chi connectivity index (χ1v) is 20.6. The van der Waals surface area contributed by atoms with E-state index < -0.39 is 43.4 Å². The number of hydrogen-bond acceptors (Lipinski definition) is 8. The Labute approximate surface area is 304 Å². The summed E-state index contributed by atoms with van der Waals surface area (Å²) in [6, 6.07) is 16.3. The van der Waals surface area contributed by atoms with Gasteiger partial charge in [-0.3, -0.25) is 24.5 Å². The first-order chi connectivity index (χ1) is 24.3. The van der Waals surface area contributed by atoms with Gasteiger partial charge in [0.05, 0.1) is 6.04 Å². The summed E-state index contributed by atoms with van der Waals surface area (Å²) in [6.45, 7) is 1.25. The van der Waals surface area contributed by atoms with Crippen LogP contribution in [0.3, 0.4) is 0 Å². The summed E-state index contributed by atoms with van der Waals surface area (Å²) in [5, 5.41) is 21.3. The Morgan fingerprint density at radius 3 is 1.96 bits per heavy atom. The number of nitrogens with zero attached hydrogens (tertiary/aromatic N) is 3. The third-order valence-corrected chi connectivity index (χ3v) is 12.0. The lowest BCUT2D eigenvalue weighted by atomic mass is 10.1. The van der Waals surface area contributed by atoms with E-state index in [-0.39, 0.29) is 17.8 Å². The third-order valence-electron chi connectivity index (χ3n) is 8.79. The average molecular weight is 746 g/mol. The van der Waals surface area contributed by atoms with Gasteiger partial charge in [0.25, 0.3) is 0 Å². The average Bonchev–Trinajstić information content (AvgIpc) is 3.80. The molecule has 4 rings (SSSR count). The van der Waals surface area contributed by atoms with Crippen LogP contribution in [0.15, 0.2) is 65.7 Å². The zero-order valence-corrected chi connectivity index (χ0v) is 30.9. The summed E-state index contributed by atoms with van der Waals surface area (Å²) in [7, 11) is -3.12. The number of guanidine groups is 1. The van der Waals surface area contributed by atoms with Gasteiger partial charge in [0.15, 0.2) is 13.3 Å². The molecule has 2 fully saturated rings. The van der Waals surface area contributed by atoms with Crippen molar-refractivity contribution in [1.82, 2.24) is 14.9 Å². The van der Waals surface area contributed by atoms with E-state index >= 15 is 0 Å². The number of amides is 2. The van der Waals surface area contributed by atoms with Gasteiger partial charge in [0, 0.05) is 32.0 Å². The quantitative estimate of drug-likeness (QED) is 0.0594. The van der Waals surface area contributed by atoms with Crippen LogP contribution >= 0.6 is 19.1 Å². The van der Waals surface area contributed by atoms with Gasteiger partial charge in [-0.2, -0.15) is 11.8 Å². The zero-order valence-electron chi connectivity index (χ0n) is 29.1. The van der Waals surface area contributed by atoms with Gasteiger partial charge >= 0.3 is 11.9 Å². The molecule has 2 aromatic rings. The predicted octanol–water partition coefficient (Wildman–Crippen LogP) is 2.89. The molecule has 9 N–H and O–H groups in total. The highest BCUT2D eigenvalue weighted by Gasteiger charge is 2.44. The minimum atomic E-state index is -3.12. The number of hydrogen-bond donors (Lipinski definition) is 6. The van der Waals surface area contributed by atoms with Crippen molar-refractivity contribution < 1.29 is 34.0 Å². The lowest BCUT2D eigenvalue weighted by Gasteiger charge is -2.33. The number of aliphatic carboxylic acids is 2. The molecule has 4 atom stereocenters. The molecule has 2 amide bonds. The Kier molecular flexibility index (Phi) is 16.9. The Balaban J connectivity index is 0.000000501. The molecular weight excluding hydrogens is 693 g/mol. The smallest absolute Gasteiger partial charge is 0.326 e. The van der Waals surface area contributed by atoms with Crippen LogP contribution in [0.4, 0.5) is 0 Å². The van der Waals surface area contributed by atoms with E-state index in [9.17, 15) is 28.8 Å². The number of nitrogens with two attached hydrogens (primary N) is 3.